The van der Waals surface area contributed by atoms with E-state index in [-0.39, 0.29) is 5.56 Å². The lowest BCUT2D eigenvalue weighted by Crippen LogP contribution is -2.56. The van der Waals surface area contributed by atoms with Crippen molar-refractivity contribution in [3.63, 3.8) is 0 Å². The second-order valence-electron chi connectivity index (χ2n) is 7.21. The third kappa shape index (κ3) is 3.65. The minimum absolute atomic E-state index is 0.264. The summed E-state index contributed by atoms with van der Waals surface area (Å²) < 4.78 is 32.6. The highest BCUT2D eigenvalue weighted by molar-refractivity contribution is 5.89. The number of halogens is 1. The molecule has 0 saturated carbocycles. The predicted octanol–water partition coefficient (Wildman–Crippen LogP) is 1.34. The predicted molar refractivity (Wildman–Crippen MR) is 102 cm³/mol. The smallest absolute Gasteiger partial charge is 0.338 e. The van der Waals surface area contributed by atoms with E-state index in [0.29, 0.717) is 4.57 Å². The van der Waals surface area contributed by atoms with Crippen LogP contribution in [0.2, 0.25) is 0 Å². The van der Waals surface area contributed by atoms with E-state index in [9.17, 15) is 19.2 Å². The van der Waals surface area contributed by atoms with Crippen LogP contribution in [0.5, 0.6) is 0 Å². The molecule has 1 fully saturated rings. The van der Waals surface area contributed by atoms with Gasteiger partial charge in [0, 0.05) is 19.2 Å². The molecule has 30 heavy (non-hydrogen) atoms. The summed E-state index contributed by atoms with van der Waals surface area (Å²) in [6, 6.07) is 9.13. The van der Waals surface area contributed by atoms with Gasteiger partial charge in [0.05, 0.1) is 5.56 Å². The van der Waals surface area contributed by atoms with Crippen LogP contribution in [0.25, 0.3) is 0 Å². The summed E-state index contributed by atoms with van der Waals surface area (Å²) in [4.78, 5) is 50.6. The van der Waals surface area contributed by atoms with Crippen molar-refractivity contribution in [3.8, 4) is 0 Å². The number of nitrogens with zero attached hydrogens (tertiary/aromatic N) is 1. The molecule has 3 rings (SSSR count). The average Bonchev–Trinajstić information content (AvgIpc) is 2.86. The van der Waals surface area contributed by atoms with Crippen LogP contribution < -0.4 is 11.2 Å². The van der Waals surface area contributed by atoms with Gasteiger partial charge in [0.15, 0.2) is 17.5 Å². The van der Waals surface area contributed by atoms with Crippen molar-refractivity contribution in [1.29, 1.82) is 0 Å². The first-order valence-corrected chi connectivity index (χ1v) is 9.14. The van der Waals surface area contributed by atoms with Crippen LogP contribution in [-0.2, 0) is 19.0 Å². The van der Waals surface area contributed by atoms with Crippen LogP contribution >= 0.6 is 0 Å². The molecular weight excluding hydrogens is 399 g/mol. The molecule has 0 bridgehead atoms. The maximum atomic E-state index is 16.0. The van der Waals surface area contributed by atoms with Gasteiger partial charge in [0.1, 0.15) is 12.7 Å². The lowest BCUT2D eigenvalue weighted by atomic mass is 9.84. The minimum atomic E-state index is -2.51. The van der Waals surface area contributed by atoms with Crippen molar-refractivity contribution in [2.45, 2.75) is 44.4 Å². The first-order valence-electron chi connectivity index (χ1n) is 9.14. The van der Waals surface area contributed by atoms with E-state index in [1.807, 2.05) is 0 Å². The number of hydrogen-bond donors (Lipinski definition) is 1. The zero-order chi connectivity index (χ0) is 22.1. The van der Waals surface area contributed by atoms with Gasteiger partial charge >= 0.3 is 17.6 Å². The molecule has 0 unspecified atom stereocenters. The molecule has 1 N–H and O–H groups in total. The van der Waals surface area contributed by atoms with Crippen LogP contribution in [0.3, 0.4) is 0 Å². The largest absolute Gasteiger partial charge is 0.459 e. The maximum absolute atomic E-state index is 16.0. The van der Waals surface area contributed by atoms with Crippen molar-refractivity contribution in [3.05, 3.63) is 69.0 Å². The van der Waals surface area contributed by atoms with Crippen LogP contribution in [-0.4, -0.2) is 45.5 Å². The quantitative estimate of drug-likeness (QED) is 0.726. The molecule has 1 aliphatic rings. The van der Waals surface area contributed by atoms with Crippen LogP contribution in [0.15, 0.2) is 52.2 Å². The van der Waals surface area contributed by atoms with Crippen LogP contribution in [0.4, 0.5) is 4.39 Å². The first kappa shape index (κ1) is 21.4. The molecule has 2 aromatic rings. The summed E-state index contributed by atoms with van der Waals surface area (Å²) in [5.74, 6) is -1.50. The van der Waals surface area contributed by atoms with Gasteiger partial charge < -0.3 is 19.2 Å². The Morgan fingerprint density at radius 2 is 1.87 bits per heavy atom. The number of H-pyrrole nitrogens is 1. The Labute approximate surface area is 170 Å². The highest BCUT2D eigenvalue weighted by Crippen LogP contribution is 2.49. The number of aromatic nitrogens is 2. The number of hydrogen-bond acceptors (Lipinski definition) is 7. The van der Waals surface area contributed by atoms with E-state index in [1.165, 1.54) is 19.1 Å². The Kier molecular flexibility index (Phi) is 5.62. The summed E-state index contributed by atoms with van der Waals surface area (Å²) in [7, 11) is 0. The molecule has 10 heteroatoms. The van der Waals surface area contributed by atoms with E-state index in [1.54, 1.807) is 18.2 Å². The lowest BCUT2D eigenvalue weighted by molar-refractivity contribution is -0.175. The Bertz CT molecular complexity index is 1030. The van der Waals surface area contributed by atoms with Gasteiger partial charge in [-0.25, -0.2) is 18.5 Å². The van der Waals surface area contributed by atoms with Crippen LogP contribution in [0.1, 0.15) is 37.4 Å². The summed E-state index contributed by atoms with van der Waals surface area (Å²) in [5.41, 5.74) is -5.91. The number of esters is 2. The lowest BCUT2D eigenvalue weighted by Gasteiger charge is -2.36. The van der Waals surface area contributed by atoms with Gasteiger partial charge in [-0.15, -0.1) is 0 Å². The fourth-order valence-electron chi connectivity index (χ4n) is 3.40. The second kappa shape index (κ2) is 7.86. The monoisotopic (exact) mass is 420 g/mol. The molecule has 1 aromatic heterocycles. The number of carbonyl (C=O) groups excluding carboxylic acids is 2. The highest BCUT2D eigenvalue weighted by Gasteiger charge is 2.67. The number of rotatable bonds is 5. The Hall–Kier alpha value is -3.27. The molecule has 1 aromatic carbocycles. The topological polar surface area (TPSA) is 117 Å². The Morgan fingerprint density at radius 1 is 1.20 bits per heavy atom. The standard InChI is InChI=1S/C20H21FN2O7/c1-12(24)30-20(3)14(11-28-16(26)13-7-5-4-6-8-13)29-17(19(20,2)21)23-15(25)9-10-22-18(23)27/h4-10,14,17H,11H2,1-3H3,(H,22,27)/t14-,17-,19+,20-/m1/s1. The number of alkyl halides is 1. The van der Waals surface area contributed by atoms with E-state index in [0.717, 1.165) is 26.1 Å². The van der Waals surface area contributed by atoms with Crippen molar-refractivity contribution in [1.82, 2.24) is 9.55 Å². The van der Waals surface area contributed by atoms with Crippen molar-refractivity contribution < 1.29 is 28.2 Å². The Balaban J connectivity index is 1.95. The maximum Gasteiger partial charge on any atom is 0.338 e. The number of carbonyl (C=O) groups is 2. The summed E-state index contributed by atoms with van der Waals surface area (Å²) in [6.07, 6.45) is -1.89. The normalized spacial score (nSPS) is 28.1. The minimum Gasteiger partial charge on any atom is -0.459 e. The third-order valence-corrected chi connectivity index (χ3v) is 5.20. The molecule has 1 aliphatic heterocycles. The van der Waals surface area contributed by atoms with Crippen molar-refractivity contribution >= 4 is 11.9 Å². The van der Waals surface area contributed by atoms with Crippen molar-refractivity contribution in [2.24, 2.45) is 0 Å². The molecular formula is C20H21FN2O7. The molecule has 1 saturated heterocycles. The number of ether oxygens (including phenoxy) is 3. The molecule has 4 atom stereocenters. The second-order valence-corrected chi connectivity index (χ2v) is 7.21. The zero-order valence-electron chi connectivity index (χ0n) is 16.6. The zero-order valence-corrected chi connectivity index (χ0v) is 16.6. The first-order chi connectivity index (χ1) is 14.1. The molecule has 9 nitrogen and oxygen atoms in total. The molecule has 0 spiro atoms. The summed E-state index contributed by atoms with van der Waals surface area (Å²) in [5, 5.41) is 0. The van der Waals surface area contributed by atoms with E-state index in [2.05, 4.69) is 4.98 Å². The Morgan fingerprint density at radius 3 is 2.47 bits per heavy atom. The fraction of sp³-hybridized carbons (Fsp3) is 0.400. The van der Waals surface area contributed by atoms with E-state index in [4.69, 9.17) is 14.2 Å². The highest BCUT2D eigenvalue weighted by atomic mass is 19.1. The van der Waals surface area contributed by atoms with Gasteiger partial charge in [0.25, 0.3) is 5.56 Å². The number of nitrogens with one attached hydrogen (secondary N) is 1. The molecule has 160 valence electrons. The van der Waals surface area contributed by atoms with Gasteiger partial charge in [-0.05, 0) is 26.0 Å². The van der Waals surface area contributed by atoms with Gasteiger partial charge in [-0.2, -0.15) is 0 Å². The SMILES string of the molecule is CC(=O)O[C@]1(C)[C@@H](COC(=O)c2ccccc2)O[C@@H](n2c(=O)cc[nH]c2=O)[C@]1(C)F. The van der Waals surface area contributed by atoms with E-state index < -0.39 is 53.4 Å². The molecule has 0 aliphatic carbocycles. The average molecular weight is 420 g/mol. The van der Waals surface area contributed by atoms with Crippen molar-refractivity contribution in [2.75, 3.05) is 6.61 Å². The molecule has 2 heterocycles. The number of benzene rings is 1. The molecule has 0 amide bonds. The van der Waals surface area contributed by atoms with Gasteiger partial charge in [0.2, 0.25) is 0 Å². The summed E-state index contributed by atoms with van der Waals surface area (Å²) in [6.45, 7) is 2.92. The van der Waals surface area contributed by atoms with Gasteiger partial charge in [-0.1, -0.05) is 18.2 Å². The van der Waals surface area contributed by atoms with E-state index >= 15 is 4.39 Å². The third-order valence-electron chi connectivity index (χ3n) is 5.20. The fourth-order valence-corrected chi connectivity index (χ4v) is 3.40. The molecule has 0 radical (unpaired) electrons. The summed E-state index contributed by atoms with van der Waals surface area (Å²) >= 11 is 0. The number of aromatic amines is 1. The van der Waals surface area contributed by atoms with Gasteiger partial charge in [-0.3, -0.25) is 9.59 Å². The van der Waals surface area contributed by atoms with Crippen LogP contribution in [0, 0.1) is 0 Å².